The van der Waals surface area contributed by atoms with Crippen molar-refractivity contribution in [1.29, 1.82) is 0 Å². The largest absolute Gasteiger partial charge is 0.493 e. The standard InChI is InChI=1S/C21H22N6O3/c1-12-7-5-6-8-15(12)23-20(28)18-13(2)22-21-24-25-26-27(21)19(18)14-9-10-16(29-3)17(11-14)30-4/h5-11,19H,1-4H3,(H,23,28)(H,22,24,26)/t19-/m1/s1. The smallest absolute Gasteiger partial charge is 0.255 e. The molecule has 4 rings (SSSR count). The van der Waals surface area contributed by atoms with Gasteiger partial charge in [0.1, 0.15) is 6.04 Å². The summed E-state index contributed by atoms with van der Waals surface area (Å²) >= 11 is 0. The third-order valence-corrected chi connectivity index (χ3v) is 5.08. The van der Waals surface area contributed by atoms with E-state index in [0.29, 0.717) is 28.7 Å². The molecule has 3 aromatic rings. The Morgan fingerprint density at radius 1 is 1.10 bits per heavy atom. The van der Waals surface area contributed by atoms with Crippen LogP contribution in [0, 0.1) is 6.92 Å². The average molecular weight is 406 g/mol. The molecule has 0 aliphatic carbocycles. The summed E-state index contributed by atoms with van der Waals surface area (Å²) in [7, 11) is 3.14. The number of benzene rings is 2. The van der Waals surface area contributed by atoms with Crippen LogP contribution in [-0.2, 0) is 4.79 Å². The Balaban J connectivity index is 1.80. The van der Waals surface area contributed by atoms with E-state index in [2.05, 4.69) is 26.2 Å². The van der Waals surface area contributed by atoms with Gasteiger partial charge in [-0.25, -0.2) is 0 Å². The Morgan fingerprint density at radius 2 is 1.87 bits per heavy atom. The summed E-state index contributed by atoms with van der Waals surface area (Å²) in [4.78, 5) is 13.4. The highest BCUT2D eigenvalue weighted by atomic mass is 16.5. The lowest BCUT2D eigenvalue weighted by Gasteiger charge is -2.28. The molecule has 2 heterocycles. The lowest BCUT2D eigenvalue weighted by Crippen LogP contribution is -2.31. The van der Waals surface area contributed by atoms with Gasteiger partial charge in [0.15, 0.2) is 11.5 Å². The molecule has 0 spiro atoms. The van der Waals surface area contributed by atoms with Gasteiger partial charge >= 0.3 is 0 Å². The molecule has 154 valence electrons. The number of para-hydroxylation sites is 1. The summed E-state index contributed by atoms with van der Waals surface area (Å²) in [6.07, 6.45) is 0. The van der Waals surface area contributed by atoms with Gasteiger partial charge in [0.25, 0.3) is 5.91 Å². The van der Waals surface area contributed by atoms with Gasteiger partial charge in [0.05, 0.1) is 19.8 Å². The summed E-state index contributed by atoms with van der Waals surface area (Å²) in [5.74, 6) is 1.37. The van der Waals surface area contributed by atoms with Crippen molar-refractivity contribution in [2.45, 2.75) is 19.9 Å². The van der Waals surface area contributed by atoms with Crippen molar-refractivity contribution in [3.05, 3.63) is 64.9 Å². The lowest BCUT2D eigenvalue weighted by molar-refractivity contribution is -0.113. The summed E-state index contributed by atoms with van der Waals surface area (Å²) in [5, 5.41) is 18.0. The summed E-state index contributed by atoms with van der Waals surface area (Å²) in [5.41, 5.74) is 3.68. The van der Waals surface area contributed by atoms with Crippen molar-refractivity contribution in [2.75, 3.05) is 24.9 Å². The molecular weight excluding hydrogens is 384 g/mol. The normalized spacial score (nSPS) is 15.3. The van der Waals surface area contributed by atoms with Gasteiger partial charge in [-0.2, -0.15) is 4.68 Å². The highest BCUT2D eigenvalue weighted by molar-refractivity contribution is 6.06. The molecule has 1 atom stereocenters. The van der Waals surface area contributed by atoms with Gasteiger partial charge < -0.3 is 20.1 Å². The lowest BCUT2D eigenvalue weighted by atomic mass is 9.94. The maximum absolute atomic E-state index is 13.4. The molecule has 9 nitrogen and oxygen atoms in total. The molecule has 9 heteroatoms. The fourth-order valence-electron chi connectivity index (χ4n) is 3.54. The Labute approximate surface area is 173 Å². The van der Waals surface area contributed by atoms with Crippen LogP contribution in [0.2, 0.25) is 0 Å². The van der Waals surface area contributed by atoms with Crippen LogP contribution in [0.5, 0.6) is 11.5 Å². The number of rotatable bonds is 5. The van der Waals surface area contributed by atoms with Crippen LogP contribution < -0.4 is 20.1 Å². The zero-order valence-electron chi connectivity index (χ0n) is 17.1. The third kappa shape index (κ3) is 3.34. The molecule has 30 heavy (non-hydrogen) atoms. The number of aromatic nitrogens is 4. The molecule has 2 aromatic carbocycles. The second-order valence-corrected chi connectivity index (χ2v) is 6.90. The fraction of sp³-hybridized carbons (Fsp3) is 0.238. The Morgan fingerprint density at radius 3 is 2.60 bits per heavy atom. The van der Waals surface area contributed by atoms with E-state index in [9.17, 15) is 4.79 Å². The second-order valence-electron chi connectivity index (χ2n) is 6.90. The topological polar surface area (TPSA) is 103 Å². The quantitative estimate of drug-likeness (QED) is 0.671. The van der Waals surface area contributed by atoms with Crippen LogP contribution in [0.25, 0.3) is 0 Å². The first-order chi connectivity index (χ1) is 14.5. The predicted molar refractivity (Wildman–Crippen MR) is 112 cm³/mol. The van der Waals surface area contributed by atoms with E-state index in [-0.39, 0.29) is 5.91 Å². The predicted octanol–water partition coefficient (Wildman–Crippen LogP) is 2.93. The monoisotopic (exact) mass is 406 g/mol. The Kier molecular flexibility index (Phi) is 5.09. The zero-order chi connectivity index (χ0) is 21.3. The number of anilines is 2. The van der Waals surface area contributed by atoms with Crippen LogP contribution in [0.15, 0.2) is 53.7 Å². The number of tetrazole rings is 1. The molecule has 1 aliphatic rings. The summed E-state index contributed by atoms with van der Waals surface area (Å²) in [6.45, 7) is 3.78. The molecule has 1 amide bonds. The van der Waals surface area contributed by atoms with Gasteiger partial charge in [-0.15, -0.1) is 0 Å². The summed E-state index contributed by atoms with van der Waals surface area (Å²) < 4.78 is 12.4. The number of hydrogen-bond acceptors (Lipinski definition) is 7. The summed E-state index contributed by atoms with van der Waals surface area (Å²) in [6, 6.07) is 12.6. The van der Waals surface area contributed by atoms with Crippen LogP contribution in [0.1, 0.15) is 24.1 Å². The van der Waals surface area contributed by atoms with E-state index in [0.717, 1.165) is 16.8 Å². The van der Waals surface area contributed by atoms with Crippen molar-refractivity contribution in [3.63, 3.8) is 0 Å². The molecule has 0 unspecified atom stereocenters. The number of hydrogen-bond donors (Lipinski definition) is 2. The highest BCUT2D eigenvalue weighted by Crippen LogP contribution is 2.38. The number of ether oxygens (including phenoxy) is 2. The van der Waals surface area contributed by atoms with Gasteiger partial charge in [0.2, 0.25) is 5.95 Å². The number of fused-ring (bicyclic) bond motifs is 1. The van der Waals surface area contributed by atoms with Crippen LogP contribution in [0.4, 0.5) is 11.6 Å². The van der Waals surface area contributed by atoms with E-state index < -0.39 is 6.04 Å². The number of allylic oxidation sites excluding steroid dienone is 1. The van der Waals surface area contributed by atoms with E-state index in [1.54, 1.807) is 25.0 Å². The van der Waals surface area contributed by atoms with Crippen LogP contribution >= 0.6 is 0 Å². The maximum atomic E-state index is 13.4. The van der Waals surface area contributed by atoms with E-state index >= 15 is 0 Å². The number of nitrogens with one attached hydrogen (secondary N) is 2. The number of carbonyl (C=O) groups is 1. The molecule has 2 N–H and O–H groups in total. The van der Waals surface area contributed by atoms with E-state index in [4.69, 9.17) is 9.47 Å². The highest BCUT2D eigenvalue weighted by Gasteiger charge is 2.34. The minimum Gasteiger partial charge on any atom is -0.493 e. The third-order valence-electron chi connectivity index (χ3n) is 5.08. The van der Waals surface area contributed by atoms with Crippen LogP contribution in [0.3, 0.4) is 0 Å². The van der Waals surface area contributed by atoms with E-state index in [1.165, 1.54) is 0 Å². The average Bonchev–Trinajstić information content (AvgIpc) is 3.21. The first kappa shape index (κ1) is 19.4. The van der Waals surface area contributed by atoms with E-state index in [1.807, 2.05) is 50.2 Å². The zero-order valence-corrected chi connectivity index (χ0v) is 17.1. The molecule has 1 aromatic heterocycles. The number of nitrogens with zero attached hydrogens (tertiary/aromatic N) is 4. The maximum Gasteiger partial charge on any atom is 0.255 e. The SMILES string of the molecule is COc1ccc([C@@H]2C(C(=O)Nc3ccccc3C)=C(C)Nc3nnnn32)cc1OC. The molecule has 1 aliphatic heterocycles. The fourth-order valence-corrected chi connectivity index (χ4v) is 3.54. The van der Waals surface area contributed by atoms with Crippen molar-refractivity contribution in [1.82, 2.24) is 20.2 Å². The van der Waals surface area contributed by atoms with Gasteiger partial charge in [-0.3, -0.25) is 4.79 Å². The molecule has 0 saturated heterocycles. The number of amides is 1. The van der Waals surface area contributed by atoms with Crippen LogP contribution in [-0.4, -0.2) is 40.3 Å². The molecular formula is C21H22N6O3. The first-order valence-corrected chi connectivity index (χ1v) is 9.38. The van der Waals surface area contributed by atoms with Gasteiger partial charge in [0, 0.05) is 11.4 Å². The number of carbonyl (C=O) groups excluding carboxylic acids is 1. The molecule has 0 fully saturated rings. The van der Waals surface area contributed by atoms with Crippen molar-refractivity contribution in [2.24, 2.45) is 0 Å². The first-order valence-electron chi connectivity index (χ1n) is 9.38. The number of methoxy groups -OCH3 is 2. The minimum absolute atomic E-state index is 0.241. The molecule has 0 saturated carbocycles. The van der Waals surface area contributed by atoms with Gasteiger partial charge in [-0.1, -0.05) is 29.4 Å². The minimum atomic E-state index is -0.542. The van der Waals surface area contributed by atoms with Crippen molar-refractivity contribution in [3.8, 4) is 11.5 Å². The van der Waals surface area contributed by atoms with Crippen molar-refractivity contribution < 1.29 is 14.3 Å². The molecule has 0 bridgehead atoms. The molecule has 0 radical (unpaired) electrons. The second kappa shape index (κ2) is 7.86. The Hall–Kier alpha value is -3.88. The van der Waals surface area contributed by atoms with Gasteiger partial charge in [-0.05, 0) is 53.6 Å². The Bertz CT molecular complexity index is 1140. The van der Waals surface area contributed by atoms with Crippen molar-refractivity contribution >= 4 is 17.5 Å². The number of aryl methyl sites for hydroxylation is 1.